The number of aromatic nitrogens is 1. The maximum absolute atomic E-state index is 11.6. The van der Waals surface area contributed by atoms with E-state index < -0.39 is 11.9 Å². The zero-order valence-electron chi connectivity index (χ0n) is 12.2. The number of carbonyl (C=O) groups is 2. The number of nitrogens with one attached hydrogen (secondary N) is 2. The summed E-state index contributed by atoms with van der Waals surface area (Å²) in [5.74, 6) is -0.224. The summed E-state index contributed by atoms with van der Waals surface area (Å²) in [6.45, 7) is 3.89. The third kappa shape index (κ3) is 2.35. The number of phenolic OH excluding ortho intramolecular Hbond substituents is 1. The van der Waals surface area contributed by atoms with Gasteiger partial charge in [0.2, 0.25) is 0 Å². The smallest absolute Gasteiger partial charge is 0.326 e. The van der Waals surface area contributed by atoms with Crippen LogP contribution in [0.3, 0.4) is 0 Å². The summed E-state index contributed by atoms with van der Waals surface area (Å²) in [7, 11) is 0. The van der Waals surface area contributed by atoms with E-state index in [1.54, 1.807) is 18.2 Å². The Morgan fingerprint density at radius 3 is 2.36 bits per heavy atom. The zero-order valence-corrected chi connectivity index (χ0v) is 12.2. The number of urea groups is 1. The van der Waals surface area contributed by atoms with Crippen molar-refractivity contribution in [1.29, 1.82) is 0 Å². The number of aromatic hydroxyl groups is 1. The largest absolute Gasteiger partial charge is 0.508 e. The van der Waals surface area contributed by atoms with Crippen LogP contribution in [0.25, 0.3) is 11.8 Å². The standard InChI is InChI=1S/C16H15N3O3/c1-9-7-11(8-14-15(21)18-16(22)17-14)10(2)19(9)12-3-5-13(20)6-4-12/h3-8,20H,1-2H3,(H2,17,18,21,22)/b14-8-. The van der Waals surface area contributed by atoms with Crippen LogP contribution in [0, 0.1) is 13.8 Å². The van der Waals surface area contributed by atoms with Crippen LogP contribution in [-0.2, 0) is 4.79 Å². The van der Waals surface area contributed by atoms with E-state index >= 15 is 0 Å². The van der Waals surface area contributed by atoms with Gasteiger partial charge in [-0.1, -0.05) is 0 Å². The summed E-state index contributed by atoms with van der Waals surface area (Å²) in [5, 5.41) is 14.0. The van der Waals surface area contributed by atoms with Crippen LogP contribution in [0.2, 0.25) is 0 Å². The SMILES string of the molecule is Cc1cc(/C=C2\NC(=O)NC2=O)c(C)n1-c1ccc(O)cc1. The topological polar surface area (TPSA) is 83.4 Å². The number of aryl methyl sites for hydroxylation is 1. The van der Waals surface area contributed by atoms with Crippen LogP contribution >= 0.6 is 0 Å². The van der Waals surface area contributed by atoms with E-state index in [1.165, 1.54) is 0 Å². The minimum atomic E-state index is -0.511. The highest BCUT2D eigenvalue weighted by Gasteiger charge is 2.23. The molecule has 0 saturated carbocycles. The summed E-state index contributed by atoms with van der Waals surface area (Å²) >= 11 is 0. The van der Waals surface area contributed by atoms with E-state index in [9.17, 15) is 14.7 Å². The molecule has 2 heterocycles. The zero-order chi connectivity index (χ0) is 15.9. The number of imide groups is 1. The van der Waals surface area contributed by atoms with Crippen LogP contribution < -0.4 is 10.6 Å². The molecule has 3 N–H and O–H groups in total. The number of hydrogen-bond acceptors (Lipinski definition) is 3. The first-order chi connectivity index (χ1) is 10.5. The molecular formula is C16H15N3O3. The van der Waals surface area contributed by atoms with E-state index in [4.69, 9.17) is 0 Å². The summed E-state index contributed by atoms with van der Waals surface area (Å²) in [5.41, 5.74) is 3.91. The molecule has 1 aliphatic rings. The number of benzene rings is 1. The summed E-state index contributed by atoms with van der Waals surface area (Å²) in [6, 6.07) is 8.30. The van der Waals surface area contributed by atoms with Gasteiger partial charge in [-0.05, 0) is 55.8 Å². The van der Waals surface area contributed by atoms with Crippen molar-refractivity contribution in [1.82, 2.24) is 15.2 Å². The lowest BCUT2D eigenvalue weighted by Crippen LogP contribution is -2.22. The molecule has 0 aliphatic carbocycles. The molecule has 6 heteroatoms. The Kier molecular flexibility index (Phi) is 3.21. The number of nitrogens with zero attached hydrogens (tertiary/aromatic N) is 1. The number of amides is 3. The molecule has 0 unspecified atom stereocenters. The lowest BCUT2D eigenvalue weighted by atomic mass is 10.2. The Morgan fingerprint density at radius 1 is 1.09 bits per heavy atom. The first kappa shape index (κ1) is 13.9. The van der Waals surface area contributed by atoms with Gasteiger partial charge in [-0.3, -0.25) is 10.1 Å². The molecule has 1 fully saturated rings. The highest BCUT2D eigenvalue weighted by molar-refractivity contribution is 6.14. The monoisotopic (exact) mass is 297 g/mol. The van der Waals surface area contributed by atoms with E-state index in [1.807, 2.05) is 36.6 Å². The fourth-order valence-electron chi connectivity index (χ4n) is 2.57. The predicted octanol–water partition coefficient (Wildman–Crippen LogP) is 1.98. The van der Waals surface area contributed by atoms with Crippen LogP contribution in [-0.4, -0.2) is 21.6 Å². The third-order valence-electron chi connectivity index (χ3n) is 3.60. The summed E-state index contributed by atoms with van der Waals surface area (Å²) in [6.07, 6.45) is 1.65. The maximum Gasteiger partial charge on any atom is 0.326 e. The average Bonchev–Trinajstić information content (AvgIpc) is 2.92. The molecular weight excluding hydrogens is 282 g/mol. The van der Waals surface area contributed by atoms with Gasteiger partial charge in [0.25, 0.3) is 5.91 Å². The first-order valence-corrected chi connectivity index (χ1v) is 6.78. The molecule has 1 aliphatic heterocycles. The number of phenols is 1. The lowest BCUT2D eigenvalue weighted by Gasteiger charge is -2.09. The van der Waals surface area contributed by atoms with Crippen LogP contribution in [0.5, 0.6) is 5.75 Å². The van der Waals surface area contributed by atoms with Gasteiger partial charge in [0, 0.05) is 17.1 Å². The molecule has 1 aromatic carbocycles. The van der Waals surface area contributed by atoms with Crippen LogP contribution in [0.4, 0.5) is 4.79 Å². The molecule has 0 radical (unpaired) electrons. The van der Waals surface area contributed by atoms with Gasteiger partial charge in [-0.25, -0.2) is 4.79 Å². The Balaban J connectivity index is 2.04. The minimum absolute atomic E-state index is 0.207. The van der Waals surface area contributed by atoms with Gasteiger partial charge in [0.1, 0.15) is 11.4 Å². The molecule has 0 atom stereocenters. The fraction of sp³-hybridized carbons (Fsp3) is 0.125. The van der Waals surface area contributed by atoms with Crippen molar-refractivity contribution in [3.63, 3.8) is 0 Å². The molecule has 0 bridgehead atoms. The number of carbonyl (C=O) groups excluding carboxylic acids is 2. The second-order valence-corrected chi connectivity index (χ2v) is 5.14. The minimum Gasteiger partial charge on any atom is -0.508 e. The Morgan fingerprint density at radius 2 is 1.77 bits per heavy atom. The third-order valence-corrected chi connectivity index (χ3v) is 3.60. The highest BCUT2D eigenvalue weighted by Crippen LogP contribution is 2.24. The van der Waals surface area contributed by atoms with Gasteiger partial charge in [0.05, 0.1) is 0 Å². The highest BCUT2D eigenvalue weighted by atomic mass is 16.3. The molecule has 0 spiro atoms. The number of rotatable bonds is 2. The molecule has 6 nitrogen and oxygen atoms in total. The quantitative estimate of drug-likeness (QED) is 0.585. The molecule has 112 valence electrons. The summed E-state index contributed by atoms with van der Waals surface area (Å²) < 4.78 is 2.01. The van der Waals surface area contributed by atoms with E-state index in [0.29, 0.717) is 0 Å². The van der Waals surface area contributed by atoms with Crippen molar-refractivity contribution < 1.29 is 14.7 Å². The molecule has 3 amide bonds. The number of hydrogen-bond donors (Lipinski definition) is 3. The van der Waals surface area contributed by atoms with Crippen molar-refractivity contribution in [2.75, 3.05) is 0 Å². The van der Waals surface area contributed by atoms with Gasteiger partial charge in [0.15, 0.2) is 0 Å². The van der Waals surface area contributed by atoms with Crippen LogP contribution in [0.1, 0.15) is 17.0 Å². The molecule has 1 aromatic heterocycles. The van der Waals surface area contributed by atoms with E-state index in [0.717, 1.165) is 22.6 Å². The average molecular weight is 297 g/mol. The second kappa shape index (κ2) is 5.07. The van der Waals surface area contributed by atoms with Gasteiger partial charge < -0.3 is 15.0 Å². The van der Waals surface area contributed by atoms with Gasteiger partial charge >= 0.3 is 6.03 Å². The van der Waals surface area contributed by atoms with E-state index in [-0.39, 0.29) is 11.4 Å². The lowest BCUT2D eigenvalue weighted by molar-refractivity contribution is -0.115. The molecule has 22 heavy (non-hydrogen) atoms. The normalized spacial score (nSPS) is 16.0. The van der Waals surface area contributed by atoms with Crippen molar-refractivity contribution in [3.8, 4) is 11.4 Å². The fourth-order valence-corrected chi connectivity index (χ4v) is 2.57. The summed E-state index contributed by atoms with van der Waals surface area (Å²) in [4.78, 5) is 22.8. The molecule has 3 rings (SSSR count). The Bertz CT molecular complexity index is 801. The van der Waals surface area contributed by atoms with Gasteiger partial charge in [-0.15, -0.1) is 0 Å². The van der Waals surface area contributed by atoms with Crippen molar-refractivity contribution in [2.24, 2.45) is 0 Å². The molecule has 2 aromatic rings. The van der Waals surface area contributed by atoms with Crippen molar-refractivity contribution >= 4 is 18.0 Å². The van der Waals surface area contributed by atoms with Gasteiger partial charge in [-0.2, -0.15) is 0 Å². The second-order valence-electron chi connectivity index (χ2n) is 5.14. The maximum atomic E-state index is 11.6. The Labute approximate surface area is 127 Å². The first-order valence-electron chi connectivity index (χ1n) is 6.78. The van der Waals surface area contributed by atoms with Crippen molar-refractivity contribution in [3.05, 3.63) is 53.0 Å². The Hall–Kier alpha value is -3.02. The van der Waals surface area contributed by atoms with E-state index in [2.05, 4.69) is 10.6 Å². The predicted molar refractivity (Wildman–Crippen MR) is 81.6 cm³/mol. The molecule has 1 saturated heterocycles. The van der Waals surface area contributed by atoms with Crippen LogP contribution in [0.15, 0.2) is 36.0 Å². The van der Waals surface area contributed by atoms with Crippen molar-refractivity contribution in [2.45, 2.75) is 13.8 Å².